The Balaban J connectivity index is 2.95. The molecule has 0 radical (unpaired) electrons. The third-order valence-corrected chi connectivity index (χ3v) is 1.90. The van der Waals surface area contributed by atoms with Gasteiger partial charge in [-0.05, 0) is 5.56 Å². The van der Waals surface area contributed by atoms with Crippen molar-refractivity contribution >= 4 is 34.7 Å². The molecule has 0 fully saturated rings. The molecule has 1 aromatic rings. The first kappa shape index (κ1) is 7.51. The second-order valence-electron chi connectivity index (χ2n) is 1.85. The SMILES string of the molecule is S=CC(=S)c1ccccc1. The van der Waals surface area contributed by atoms with Crippen LogP contribution in [-0.4, -0.2) is 10.2 Å². The Bertz CT molecular complexity index is 239. The predicted molar refractivity (Wildman–Crippen MR) is 51.8 cm³/mol. The zero-order valence-corrected chi connectivity index (χ0v) is 6.91. The zero-order chi connectivity index (χ0) is 7.40. The van der Waals surface area contributed by atoms with E-state index >= 15 is 0 Å². The van der Waals surface area contributed by atoms with Crippen molar-refractivity contribution in [1.29, 1.82) is 0 Å². The molecule has 0 heterocycles. The molecular formula is C8H6S2. The third kappa shape index (κ3) is 1.69. The smallest absolute Gasteiger partial charge is 0.0556 e. The average Bonchev–Trinajstić information content (AvgIpc) is 2.05. The fourth-order valence-electron chi connectivity index (χ4n) is 0.670. The maximum absolute atomic E-state index is 4.96. The molecule has 0 saturated heterocycles. The maximum Gasteiger partial charge on any atom is 0.0556 e. The molecule has 0 spiro atoms. The van der Waals surface area contributed by atoms with Gasteiger partial charge >= 0.3 is 0 Å². The van der Waals surface area contributed by atoms with E-state index in [1.165, 1.54) is 5.37 Å². The minimum atomic E-state index is 0.732. The van der Waals surface area contributed by atoms with Gasteiger partial charge in [0.25, 0.3) is 0 Å². The van der Waals surface area contributed by atoms with Crippen molar-refractivity contribution in [2.75, 3.05) is 0 Å². The van der Waals surface area contributed by atoms with Gasteiger partial charge in [-0.1, -0.05) is 54.8 Å². The molecule has 2 heteroatoms. The van der Waals surface area contributed by atoms with Gasteiger partial charge in [-0.15, -0.1) is 0 Å². The highest BCUT2D eigenvalue weighted by Gasteiger charge is 1.92. The van der Waals surface area contributed by atoms with E-state index < -0.39 is 0 Å². The fraction of sp³-hybridized carbons (Fsp3) is 0. The van der Waals surface area contributed by atoms with E-state index in [0.717, 1.165) is 10.4 Å². The summed E-state index contributed by atoms with van der Waals surface area (Å²) in [5.41, 5.74) is 1.02. The summed E-state index contributed by atoms with van der Waals surface area (Å²) in [7, 11) is 0. The van der Waals surface area contributed by atoms with Gasteiger partial charge in [0.1, 0.15) is 0 Å². The summed E-state index contributed by atoms with van der Waals surface area (Å²) >= 11 is 9.65. The van der Waals surface area contributed by atoms with Crippen LogP contribution in [0.25, 0.3) is 0 Å². The molecule has 0 atom stereocenters. The van der Waals surface area contributed by atoms with Gasteiger partial charge in [0.15, 0.2) is 0 Å². The Morgan fingerprint density at radius 2 is 1.80 bits per heavy atom. The number of benzene rings is 1. The van der Waals surface area contributed by atoms with Gasteiger partial charge in [0, 0.05) is 5.37 Å². The molecule has 0 saturated carbocycles. The lowest BCUT2D eigenvalue weighted by atomic mass is 10.2. The lowest BCUT2D eigenvalue weighted by molar-refractivity contribution is 1.68. The molecule has 0 unspecified atom stereocenters. The molecule has 1 rings (SSSR count). The minimum Gasteiger partial charge on any atom is -0.0871 e. The summed E-state index contributed by atoms with van der Waals surface area (Å²) < 4.78 is 0. The normalized spacial score (nSPS) is 8.80. The number of hydrogen-bond donors (Lipinski definition) is 0. The number of thiocarbonyl (C=S) groups is 2. The van der Waals surface area contributed by atoms with Gasteiger partial charge < -0.3 is 0 Å². The molecule has 50 valence electrons. The largest absolute Gasteiger partial charge is 0.0871 e. The Labute approximate surface area is 70.9 Å². The van der Waals surface area contributed by atoms with Gasteiger partial charge in [-0.3, -0.25) is 0 Å². The van der Waals surface area contributed by atoms with Crippen molar-refractivity contribution < 1.29 is 0 Å². The van der Waals surface area contributed by atoms with E-state index in [9.17, 15) is 0 Å². The molecule has 0 bridgehead atoms. The first-order valence-corrected chi connectivity index (χ1v) is 3.77. The third-order valence-electron chi connectivity index (χ3n) is 1.17. The van der Waals surface area contributed by atoms with Crippen molar-refractivity contribution in [2.45, 2.75) is 0 Å². The quantitative estimate of drug-likeness (QED) is 0.489. The number of hydrogen-bond acceptors (Lipinski definition) is 2. The summed E-state index contributed by atoms with van der Waals surface area (Å²) in [5.74, 6) is 0. The molecule has 0 amide bonds. The molecule has 0 N–H and O–H groups in total. The second kappa shape index (κ2) is 3.54. The lowest BCUT2D eigenvalue weighted by Crippen LogP contribution is -1.94. The maximum atomic E-state index is 4.96. The van der Waals surface area contributed by atoms with Gasteiger partial charge in [0.2, 0.25) is 0 Å². The molecular weight excluding hydrogens is 160 g/mol. The first-order chi connectivity index (χ1) is 4.84. The number of rotatable bonds is 2. The predicted octanol–water partition coefficient (Wildman–Crippen LogP) is 2.40. The van der Waals surface area contributed by atoms with E-state index in [2.05, 4.69) is 0 Å². The van der Waals surface area contributed by atoms with Gasteiger partial charge in [-0.25, -0.2) is 0 Å². The van der Waals surface area contributed by atoms with Crippen molar-refractivity contribution in [3.63, 3.8) is 0 Å². The van der Waals surface area contributed by atoms with Gasteiger partial charge in [-0.2, -0.15) is 0 Å². The molecule has 1 aromatic carbocycles. The van der Waals surface area contributed by atoms with Crippen LogP contribution < -0.4 is 0 Å². The van der Waals surface area contributed by atoms with Crippen LogP contribution in [0.4, 0.5) is 0 Å². The molecule has 0 aliphatic heterocycles. The van der Waals surface area contributed by atoms with E-state index in [4.69, 9.17) is 24.4 Å². The summed E-state index contributed by atoms with van der Waals surface area (Å²) in [4.78, 5) is 0.732. The average molecular weight is 166 g/mol. The molecule has 0 aromatic heterocycles. The van der Waals surface area contributed by atoms with Crippen LogP contribution in [0.2, 0.25) is 0 Å². The molecule has 0 aliphatic carbocycles. The highest BCUT2D eigenvalue weighted by atomic mass is 32.1. The first-order valence-electron chi connectivity index (χ1n) is 2.89. The van der Waals surface area contributed by atoms with Crippen LogP contribution in [0.3, 0.4) is 0 Å². The summed E-state index contributed by atoms with van der Waals surface area (Å²) in [6, 6.07) is 9.74. The Kier molecular flexibility index (Phi) is 2.66. The highest BCUT2D eigenvalue weighted by molar-refractivity contribution is 7.88. The van der Waals surface area contributed by atoms with Crippen LogP contribution in [0.15, 0.2) is 30.3 Å². The van der Waals surface area contributed by atoms with Crippen LogP contribution >= 0.6 is 24.4 Å². The van der Waals surface area contributed by atoms with Crippen LogP contribution in [0, 0.1) is 0 Å². The van der Waals surface area contributed by atoms with Crippen molar-refractivity contribution in [3.8, 4) is 0 Å². The lowest BCUT2D eigenvalue weighted by Gasteiger charge is -1.93. The van der Waals surface area contributed by atoms with Crippen LogP contribution in [-0.2, 0) is 0 Å². The highest BCUT2D eigenvalue weighted by Crippen LogP contribution is 1.98. The fourth-order valence-corrected chi connectivity index (χ4v) is 0.943. The van der Waals surface area contributed by atoms with Crippen molar-refractivity contribution in [3.05, 3.63) is 35.9 Å². The molecule has 10 heavy (non-hydrogen) atoms. The standard InChI is InChI=1S/C8H6S2/c9-6-8(10)7-4-2-1-3-5-7/h1-6H. The monoisotopic (exact) mass is 166 g/mol. The van der Waals surface area contributed by atoms with E-state index in [1.807, 2.05) is 30.3 Å². The molecule has 0 nitrogen and oxygen atoms in total. The van der Waals surface area contributed by atoms with E-state index in [-0.39, 0.29) is 0 Å². The second-order valence-corrected chi connectivity index (χ2v) is 2.52. The van der Waals surface area contributed by atoms with Crippen molar-refractivity contribution in [1.82, 2.24) is 0 Å². The Hall–Kier alpha value is -0.600. The summed E-state index contributed by atoms with van der Waals surface area (Å²) in [6.07, 6.45) is 0. The topological polar surface area (TPSA) is 0 Å². The van der Waals surface area contributed by atoms with Crippen LogP contribution in [0.5, 0.6) is 0 Å². The Morgan fingerprint density at radius 1 is 1.20 bits per heavy atom. The Morgan fingerprint density at radius 3 is 2.30 bits per heavy atom. The van der Waals surface area contributed by atoms with Crippen LogP contribution in [0.1, 0.15) is 5.56 Å². The summed E-state index contributed by atoms with van der Waals surface area (Å²) in [5, 5.41) is 1.52. The minimum absolute atomic E-state index is 0.732. The molecule has 0 aliphatic rings. The summed E-state index contributed by atoms with van der Waals surface area (Å²) in [6.45, 7) is 0. The van der Waals surface area contributed by atoms with Gasteiger partial charge in [0.05, 0.1) is 4.86 Å². The van der Waals surface area contributed by atoms with E-state index in [0.29, 0.717) is 0 Å². The van der Waals surface area contributed by atoms with Crippen molar-refractivity contribution in [2.24, 2.45) is 0 Å². The zero-order valence-electron chi connectivity index (χ0n) is 5.28. The van der Waals surface area contributed by atoms with E-state index in [1.54, 1.807) is 0 Å².